The molecule has 0 amide bonds. The third-order valence-electron chi connectivity index (χ3n) is 2.76. The smallest absolute Gasteiger partial charge is 0.303 e. The molecule has 1 heterocycles. The average Bonchev–Trinajstić information content (AvgIpc) is 2.97. The van der Waals surface area contributed by atoms with E-state index < -0.39 is 16.0 Å². The molecule has 0 fully saturated rings. The molecule has 8 heteroatoms. The van der Waals surface area contributed by atoms with E-state index in [1.54, 1.807) is 23.7 Å². The molecule has 0 unspecified atom stereocenters. The lowest BCUT2D eigenvalue weighted by Crippen LogP contribution is -2.23. The van der Waals surface area contributed by atoms with Crippen molar-refractivity contribution in [3.8, 4) is 0 Å². The van der Waals surface area contributed by atoms with E-state index in [1.165, 1.54) is 23.5 Å². The molecule has 2 N–H and O–H groups in total. The second kappa shape index (κ2) is 6.79. The Morgan fingerprint density at radius 1 is 1.29 bits per heavy atom. The van der Waals surface area contributed by atoms with Gasteiger partial charge >= 0.3 is 5.97 Å². The number of carboxylic acid groups (broad SMARTS) is 1. The Morgan fingerprint density at radius 3 is 2.57 bits per heavy atom. The Balaban J connectivity index is 2.01. The first kappa shape index (κ1) is 15.6. The summed E-state index contributed by atoms with van der Waals surface area (Å²) in [7, 11) is -3.58. The monoisotopic (exact) mass is 326 g/mol. The van der Waals surface area contributed by atoms with Crippen LogP contribution in [0.2, 0.25) is 0 Å². The molecule has 1 aromatic heterocycles. The number of aliphatic carboxylic acids is 1. The zero-order valence-electron chi connectivity index (χ0n) is 11.0. The second-order valence-corrected chi connectivity index (χ2v) is 7.03. The number of carbonyl (C=O) groups is 1. The highest BCUT2D eigenvalue weighted by atomic mass is 32.2. The van der Waals surface area contributed by atoms with Gasteiger partial charge in [0.15, 0.2) is 0 Å². The van der Waals surface area contributed by atoms with E-state index in [2.05, 4.69) is 9.71 Å². The molecular formula is C13H14N2O4S2. The second-order valence-electron chi connectivity index (χ2n) is 4.29. The molecule has 6 nitrogen and oxygen atoms in total. The molecule has 0 saturated carbocycles. The Labute approximate surface area is 126 Å². The quantitative estimate of drug-likeness (QED) is 0.806. The van der Waals surface area contributed by atoms with Gasteiger partial charge in [-0.2, -0.15) is 0 Å². The van der Waals surface area contributed by atoms with Gasteiger partial charge in [-0.1, -0.05) is 12.1 Å². The van der Waals surface area contributed by atoms with Crippen LogP contribution in [0.1, 0.15) is 17.0 Å². The summed E-state index contributed by atoms with van der Waals surface area (Å²) in [5, 5.41) is 11.1. The summed E-state index contributed by atoms with van der Waals surface area (Å²) in [4.78, 5) is 14.6. The van der Waals surface area contributed by atoms with Gasteiger partial charge in [-0.05, 0) is 24.1 Å². The van der Waals surface area contributed by atoms with E-state index in [0.29, 0.717) is 11.4 Å². The Kier molecular flexibility index (Phi) is 5.05. The number of thiazole rings is 1. The number of aryl methyl sites for hydroxylation is 1. The summed E-state index contributed by atoms with van der Waals surface area (Å²) in [6.07, 6.45) is 2.02. The topological polar surface area (TPSA) is 96.4 Å². The van der Waals surface area contributed by atoms with Crippen molar-refractivity contribution in [2.75, 3.05) is 0 Å². The molecule has 21 heavy (non-hydrogen) atoms. The van der Waals surface area contributed by atoms with Crippen molar-refractivity contribution in [2.45, 2.75) is 24.3 Å². The van der Waals surface area contributed by atoms with Crippen LogP contribution in [0.5, 0.6) is 0 Å². The maximum absolute atomic E-state index is 12.1. The lowest BCUT2D eigenvalue weighted by Gasteiger charge is -2.06. The molecule has 0 saturated heterocycles. The molecule has 0 spiro atoms. The number of nitrogens with zero attached hydrogens (tertiary/aromatic N) is 1. The minimum absolute atomic E-state index is 0.0222. The highest BCUT2D eigenvalue weighted by Crippen LogP contribution is 2.13. The first-order valence-electron chi connectivity index (χ1n) is 6.16. The van der Waals surface area contributed by atoms with Crippen molar-refractivity contribution in [3.05, 3.63) is 46.4 Å². The van der Waals surface area contributed by atoms with Gasteiger partial charge in [-0.15, -0.1) is 11.3 Å². The Hall–Kier alpha value is -1.77. The SMILES string of the molecule is O=C(O)CCc1ccc(S(=O)(=O)NCc2nccs2)cc1. The average molecular weight is 326 g/mol. The van der Waals surface area contributed by atoms with Crippen LogP contribution in [-0.2, 0) is 27.8 Å². The van der Waals surface area contributed by atoms with Crippen molar-refractivity contribution in [1.82, 2.24) is 9.71 Å². The van der Waals surface area contributed by atoms with Gasteiger partial charge in [0.1, 0.15) is 5.01 Å². The fourth-order valence-electron chi connectivity index (χ4n) is 1.67. The summed E-state index contributed by atoms with van der Waals surface area (Å²) in [5.74, 6) is -0.878. The highest BCUT2D eigenvalue weighted by molar-refractivity contribution is 7.89. The predicted octanol–water partition coefficient (Wildman–Crippen LogP) is 1.64. The van der Waals surface area contributed by atoms with Gasteiger partial charge in [-0.3, -0.25) is 4.79 Å². The lowest BCUT2D eigenvalue weighted by atomic mass is 10.1. The van der Waals surface area contributed by atoms with Crippen LogP contribution in [0.25, 0.3) is 0 Å². The summed E-state index contributed by atoms with van der Waals surface area (Å²) in [5.41, 5.74) is 0.788. The molecule has 0 aliphatic rings. The standard InChI is InChI=1S/C13H14N2O4S2/c16-13(17)6-3-10-1-4-11(5-2-10)21(18,19)15-9-12-14-7-8-20-12/h1-2,4-5,7-8,15H,3,6,9H2,(H,16,17). The Bertz CT molecular complexity index is 694. The van der Waals surface area contributed by atoms with E-state index in [4.69, 9.17) is 5.11 Å². The van der Waals surface area contributed by atoms with Crippen LogP contribution >= 0.6 is 11.3 Å². The summed E-state index contributed by atoms with van der Waals surface area (Å²) in [6.45, 7) is 0.154. The van der Waals surface area contributed by atoms with Crippen LogP contribution in [0.3, 0.4) is 0 Å². The molecule has 0 aliphatic carbocycles. The summed E-state index contributed by atoms with van der Waals surface area (Å²) in [6, 6.07) is 6.20. The molecule has 1 aromatic carbocycles. The van der Waals surface area contributed by atoms with Crippen LogP contribution in [0.15, 0.2) is 40.7 Å². The summed E-state index contributed by atoms with van der Waals surface area (Å²) >= 11 is 1.38. The van der Waals surface area contributed by atoms with E-state index in [1.807, 2.05) is 0 Å². The van der Waals surface area contributed by atoms with Gasteiger partial charge in [0, 0.05) is 18.0 Å². The first-order valence-corrected chi connectivity index (χ1v) is 8.52. The number of hydrogen-bond acceptors (Lipinski definition) is 5. The van der Waals surface area contributed by atoms with Crippen molar-refractivity contribution in [2.24, 2.45) is 0 Å². The Morgan fingerprint density at radius 2 is 2.00 bits per heavy atom. The molecule has 2 rings (SSSR count). The largest absolute Gasteiger partial charge is 0.481 e. The van der Waals surface area contributed by atoms with Crippen molar-refractivity contribution in [3.63, 3.8) is 0 Å². The van der Waals surface area contributed by atoms with Crippen LogP contribution < -0.4 is 4.72 Å². The number of hydrogen-bond donors (Lipinski definition) is 2. The number of nitrogens with one attached hydrogen (secondary N) is 1. The fraction of sp³-hybridized carbons (Fsp3) is 0.231. The normalized spacial score (nSPS) is 11.4. The van der Waals surface area contributed by atoms with Gasteiger partial charge in [0.05, 0.1) is 11.4 Å². The molecule has 0 radical (unpaired) electrons. The highest BCUT2D eigenvalue weighted by Gasteiger charge is 2.14. The third-order valence-corrected chi connectivity index (χ3v) is 4.95. The number of carboxylic acids is 1. The molecule has 0 bridgehead atoms. The van der Waals surface area contributed by atoms with Crippen LogP contribution in [-0.4, -0.2) is 24.5 Å². The van der Waals surface area contributed by atoms with Crippen LogP contribution in [0, 0.1) is 0 Å². The zero-order valence-corrected chi connectivity index (χ0v) is 12.7. The molecular weight excluding hydrogens is 312 g/mol. The first-order chi connectivity index (χ1) is 9.97. The number of sulfonamides is 1. The van der Waals surface area contributed by atoms with E-state index in [0.717, 1.165) is 5.56 Å². The maximum Gasteiger partial charge on any atom is 0.303 e. The molecule has 112 valence electrons. The molecule has 0 aliphatic heterocycles. The lowest BCUT2D eigenvalue weighted by molar-refractivity contribution is -0.136. The van der Waals surface area contributed by atoms with Gasteiger partial charge in [0.2, 0.25) is 10.0 Å². The number of rotatable bonds is 7. The fourth-order valence-corrected chi connectivity index (χ4v) is 3.30. The third kappa shape index (κ3) is 4.62. The van der Waals surface area contributed by atoms with Crippen molar-refractivity contribution in [1.29, 1.82) is 0 Å². The van der Waals surface area contributed by atoms with Crippen molar-refractivity contribution >= 4 is 27.3 Å². The molecule has 0 atom stereocenters. The van der Waals surface area contributed by atoms with Gasteiger partial charge < -0.3 is 5.11 Å². The van der Waals surface area contributed by atoms with Crippen LogP contribution in [0.4, 0.5) is 0 Å². The van der Waals surface area contributed by atoms with Gasteiger partial charge in [0.25, 0.3) is 0 Å². The van der Waals surface area contributed by atoms with E-state index >= 15 is 0 Å². The van der Waals surface area contributed by atoms with E-state index in [-0.39, 0.29) is 17.9 Å². The zero-order chi connectivity index (χ0) is 15.3. The minimum Gasteiger partial charge on any atom is -0.481 e. The van der Waals surface area contributed by atoms with Crippen molar-refractivity contribution < 1.29 is 18.3 Å². The summed E-state index contributed by atoms with van der Waals surface area (Å²) < 4.78 is 26.6. The van der Waals surface area contributed by atoms with Gasteiger partial charge in [-0.25, -0.2) is 18.1 Å². The number of benzene rings is 1. The van der Waals surface area contributed by atoms with E-state index in [9.17, 15) is 13.2 Å². The number of aromatic nitrogens is 1. The molecule has 2 aromatic rings. The predicted molar refractivity (Wildman–Crippen MR) is 78.5 cm³/mol. The maximum atomic E-state index is 12.1. The minimum atomic E-state index is -3.58.